The fraction of sp³-hybridized carbons (Fsp3) is 1.00. The zero-order valence-electron chi connectivity index (χ0n) is 11.0. The van der Waals surface area contributed by atoms with Crippen LogP contribution in [0, 0.1) is 17.8 Å². The Morgan fingerprint density at radius 3 is 1.50 bits per heavy atom. The lowest BCUT2D eigenvalue weighted by Gasteiger charge is -2.25. The maximum Gasteiger partial charge on any atom is -0.0389 e. The van der Waals surface area contributed by atoms with Crippen molar-refractivity contribution in [2.45, 2.75) is 73.1 Å². The van der Waals surface area contributed by atoms with Crippen molar-refractivity contribution in [2.75, 3.05) is 0 Å². The van der Waals surface area contributed by atoms with E-state index in [-0.39, 0.29) is 0 Å². The van der Waals surface area contributed by atoms with Crippen LogP contribution in [0.2, 0.25) is 0 Å². The van der Waals surface area contributed by atoms with E-state index in [0.717, 1.165) is 17.8 Å². The molecule has 0 aromatic heterocycles. The predicted molar refractivity (Wildman–Crippen MR) is 66.5 cm³/mol. The summed E-state index contributed by atoms with van der Waals surface area (Å²) in [6, 6.07) is 0. The zero-order valence-corrected chi connectivity index (χ0v) is 11.0. The minimum Gasteiger partial charge on any atom is -0.0651 e. The van der Waals surface area contributed by atoms with Crippen molar-refractivity contribution in [3.63, 3.8) is 0 Å². The van der Waals surface area contributed by atoms with Gasteiger partial charge in [-0.3, -0.25) is 0 Å². The third kappa shape index (κ3) is 5.02. The maximum absolute atomic E-state index is 2.39. The Morgan fingerprint density at radius 1 is 0.643 bits per heavy atom. The molecular weight excluding hydrogens is 168 g/mol. The van der Waals surface area contributed by atoms with Crippen molar-refractivity contribution in [1.82, 2.24) is 0 Å². The molecule has 14 heavy (non-hydrogen) atoms. The highest BCUT2D eigenvalue weighted by molar-refractivity contribution is 4.68. The average molecular weight is 198 g/mol. The van der Waals surface area contributed by atoms with Crippen LogP contribution in [0.4, 0.5) is 0 Å². The molecule has 0 rings (SSSR count). The number of rotatable bonds is 8. The van der Waals surface area contributed by atoms with Gasteiger partial charge < -0.3 is 0 Å². The fourth-order valence-electron chi connectivity index (χ4n) is 2.43. The van der Waals surface area contributed by atoms with Gasteiger partial charge in [0, 0.05) is 0 Å². The lowest BCUT2D eigenvalue weighted by Crippen LogP contribution is -2.13. The molecule has 0 nitrogen and oxygen atoms in total. The van der Waals surface area contributed by atoms with Gasteiger partial charge in [-0.15, -0.1) is 0 Å². The molecule has 2 unspecified atom stereocenters. The minimum atomic E-state index is 0.929. The largest absolute Gasteiger partial charge is 0.0651 e. The maximum atomic E-state index is 2.39. The molecule has 0 amide bonds. The van der Waals surface area contributed by atoms with Gasteiger partial charge in [-0.05, 0) is 24.2 Å². The van der Waals surface area contributed by atoms with Crippen LogP contribution in [0.15, 0.2) is 0 Å². The highest BCUT2D eigenvalue weighted by Crippen LogP contribution is 2.28. The first-order chi connectivity index (χ1) is 6.69. The molecule has 0 aromatic carbocycles. The summed E-state index contributed by atoms with van der Waals surface area (Å²) in [5, 5.41) is 0. The normalized spacial score (nSPS) is 15.9. The molecule has 0 N–H and O–H groups in total. The van der Waals surface area contributed by atoms with Gasteiger partial charge in [0.1, 0.15) is 0 Å². The summed E-state index contributed by atoms with van der Waals surface area (Å²) in [5.74, 6) is 2.89. The molecule has 86 valence electrons. The van der Waals surface area contributed by atoms with Crippen molar-refractivity contribution in [3.05, 3.63) is 0 Å². The summed E-state index contributed by atoms with van der Waals surface area (Å²) in [6.07, 6.45) is 8.36. The molecule has 0 saturated heterocycles. The molecule has 0 heteroatoms. The van der Waals surface area contributed by atoms with Crippen molar-refractivity contribution in [2.24, 2.45) is 17.8 Å². The summed E-state index contributed by atoms with van der Waals surface area (Å²) >= 11 is 0. The summed E-state index contributed by atoms with van der Waals surface area (Å²) in [7, 11) is 0. The molecule has 0 aliphatic rings. The molecule has 0 bridgehead atoms. The SMILES string of the molecule is CCC(C)CCC(CC)C(CC)CC. The third-order valence-electron chi connectivity index (χ3n) is 3.97. The molecule has 0 aliphatic carbocycles. The van der Waals surface area contributed by atoms with E-state index in [4.69, 9.17) is 0 Å². The molecule has 0 fully saturated rings. The molecule has 0 aromatic rings. The number of hydrogen-bond acceptors (Lipinski definition) is 0. The van der Waals surface area contributed by atoms with Crippen LogP contribution >= 0.6 is 0 Å². The average Bonchev–Trinajstić information content (AvgIpc) is 2.23. The van der Waals surface area contributed by atoms with Crippen LogP contribution < -0.4 is 0 Å². The molecular formula is C14H30. The van der Waals surface area contributed by atoms with E-state index in [1.165, 1.54) is 38.5 Å². The Hall–Kier alpha value is 0. The number of hydrogen-bond donors (Lipinski definition) is 0. The first-order valence-electron chi connectivity index (χ1n) is 6.69. The van der Waals surface area contributed by atoms with Crippen molar-refractivity contribution < 1.29 is 0 Å². The van der Waals surface area contributed by atoms with E-state index < -0.39 is 0 Å². The summed E-state index contributed by atoms with van der Waals surface area (Å²) in [6.45, 7) is 11.8. The second-order valence-electron chi connectivity index (χ2n) is 4.84. The van der Waals surface area contributed by atoms with Crippen LogP contribution in [0.25, 0.3) is 0 Å². The second kappa shape index (κ2) is 8.32. The lowest BCUT2D eigenvalue weighted by atomic mass is 9.81. The fourth-order valence-corrected chi connectivity index (χ4v) is 2.43. The van der Waals surface area contributed by atoms with Gasteiger partial charge in [0.15, 0.2) is 0 Å². The van der Waals surface area contributed by atoms with Crippen molar-refractivity contribution in [3.8, 4) is 0 Å². The first kappa shape index (κ1) is 14.0. The topological polar surface area (TPSA) is 0 Å². The van der Waals surface area contributed by atoms with E-state index in [2.05, 4.69) is 34.6 Å². The monoisotopic (exact) mass is 198 g/mol. The van der Waals surface area contributed by atoms with Crippen LogP contribution in [0.1, 0.15) is 73.1 Å². The Balaban J connectivity index is 3.88. The van der Waals surface area contributed by atoms with E-state index in [0.29, 0.717) is 0 Å². The van der Waals surface area contributed by atoms with Crippen molar-refractivity contribution >= 4 is 0 Å². The predicted octanol–water partition coefficient (Wildman–Crippen LogP) is 5.28. The standard InChI is InChI=1S/C14H30/c1-6-12(5)10-11-14(9-4)13(7-2)8-3/h12-14H,6-11H2,1-5H3. The van der Waals surface area contributed by atoms with E-state index in [1.54, 1.807) is 0 Å². The Labute approximate surface area is 91.5 Å². The smallest absolute Gasteiger partial charge is 0.0389 e. The minimum absolute atomic E-state index is 0.929. The van der Waals surface area contributed by atoms with Crippen LogP contribution in [0.5, 0.6) is 0 Å². The van der Waals surface area contributed by atoms with Gasteiger partial charge in [-0.1, -0.05) is 66.7 Å². The lowest BCUT2D eigenvalue weighted by molar-refractivity contribution is 0.266. The van der Waals surface area contributed by atoms with Crippen molar-refractivity contribution in [1.29, 1.82) is 0 Å². The van der Waals surface area contributed by atoms with Gasteiger partial charge >= 0.3 is 0 Å². The third-order valence-corrected chi connectivity index (χ3v) is 3.97. The Bertz CT molecular complexity index is 113. The molecule has 0 spiro atoms. The van der Waals surface area contributed by atoms with E-state index >= 15 is 0 Å². The Kier molecular flexibility index (Phi) is 8.32. The van der Waals surface area contributed by atoms with Crippen LogP contribution in [-0.2, 0) is 0 Å². The quantitative estimate of drug-likeness (QED) is 0.498. The van der Waals surface area contributed by atoms with Crippen LogP contribution in [-0.4, -0.2) is 0 Å². The Morgan fingerprint density at radius 2 is 1.14 bits per heavy atom. The highest BCUT2D eigenvalue weighted by Gasteiger charge is 2.16. The first-order valence-corrected chi connectivity index (χ1v) is 6.69. The molecule has 0 heterocycles. The van der Waals surface area contributed by atoms with Crippen LogP contribution in [0.3, 0.4) is 0 Å². The van der Waals surface area contributed by atoms with Gasteiger partial charge in [0.25, 0.3) is 0 Å². The highest BCUT2D eigenvalue weighted by atomic mass is 14.2. The van der Waals surface area contributed by atoms with Gasteiger partial charge in [0.2, 0.25) is 0 Å². The summed E-state index contributed by atoms with van der Waals surface area (Å²) < 4.78 is 0. The van der Waals surface area contributed by atoms with E-state index in [1.807, 2.05) is 0 Å². The summed E-state index contributed by atoms with van der Waals surface area (Å²) in [5.41, 5.74) is 0. The molecule has 2 atom stereocenters. The molecule has 0 radical (unpaired) electrons. The summed E-state index contributed by atoms with van der Waals surface area (Å²) in [4.78, 5) is 0. The van der Waals surface area contributed by atoms with Gasteiger partial charge in [-0.2, -0.15) is 0 Å². The van der Waals surface area contributed by atoms with Gasteiger partial charge in [-0.25, -0.2) is 0 Å². The molecule has 0 saturated carbocycles. The molecule has 0 aliphatic heterocycles. The second-order valence-corrected chi connectivity index (χ2v) is 4.84. The van der Waals surface area contributed by atoms with Gasteiger partial charge in [0.05, 0.1) is 0 Å². The zero-order chi connectivity index (χ0) is 11.0. The van der Waals surface area contributed by atoms with E-state index in [9.17, 15) is 0 Å².